The number of rotatable bonds is 6. The number of hydrogen-bond donors (Lipinski definition) is 0. The van der Waals surface area contributed by atoms with Crippen LogP contribution in [0.4, 0.5) is 0 Å². The second kappa shape index (κ2) is 10.6. The van der Waals surface area contributed by atoms with E-state index in [4.69, 9.17) is 13.9 Å². The molecule has 2 aliphatic rings. The van der Waals surface area contributed by atoms with Crippen LogP contribution in [0.5, 0.6) is 5.75 Å². The number of hydrogen-bond acceptors (Lipinski definition) is 5. The molecule has 3 heterocycles. The molecule has 1 fully saturated rings. The van der Waals surface area contributed by atoms with Gasteiger partial charge in [0.25, 0.3) is 5.91 Å². The molecule has 1 aromatic heterocycles. The normalized spacial score (nSPS) is 17.7. The highest BCUT2D eigenvalue weighted by Gasteiger charge is 2.33. The van der Waals surface area contributed by atoms with Crippen molar-refractivity contribution >= 4 is 11.8 Å². The van der Waals surface area contributed by atoms with Gasteiger partial charge in [-0.2, -0.15) is 0 Å². The lowest BCUT2D eigenvalue weighted by atomic mass is 9.87. The predicted molar refractivity (Wildman–Crippen MR) is 135 cm³/mol. The van der Waals surface area contributed by atoms with Gasteiger partial charge in [-0.3, -0.25) is 9.59 Å². The molecule has 5 rings (SSSR count). The monoisotopic (exact) mass is 488 g/mol. The summed E-state index contributed by atoms with van der Waals surface area (Å²) in [6.45, 7) is 7.02. The number of amides is 2. The standard InChI is InChI=1S/C29H32N2O5/c1-20(2)28(32)31-13-12-21-8-9-23(18-25(21)27(31)22-6-4-3-5-7-22)35-19-24-10-11-26(36-24)29(33)30-14-16-34-17-15-30/h3-11,18,20,27H,12-17,19H2,1-2H3/t27-/m0/s1. The van der Waals surface area contributed by atoms with Gasteiger partial charge in [-0.1, -0.05) is 50.2 Å². The Morgan fingerprint density at radius 1 is 1.00 bits per heavy atom. The van der Waals surface area contributed by atoms with Gasteiger partial charge in [0, 0.05) is 25.6 Å². The van der Waals surface area contributed by atoms with Crippen molar-refractivity contribution in [2.45, 2.75) is 32.9 Å². The molecule has 2 aliphatic heterocycles. The van der Waals surface area contributed by atoms with Crippen molar-refractivity contribution in [1.29, 1.82) is 0 Å². The Bertz CT molecular complexity index is 1210. The molecule has 0 aliphatic carbocycles. The molecule has 2 amide bonds. The van der Waals surface area contributed by atoms with Gasteiger partial charge in [0.05, 0.1) is 19.3 Å². The van der Waals surface area contributed by atoms with Crippen molar-refractivity contribution in [3.8, 4) is 5.75 Å². The summed E-state index contributed by atoms with van der Waals surface area (Å²) in [6, 6.07) is 19.6. The summed E-state index contributed by atoms with van der Waals surface area (Å²) in [4.78, 5) is 29.5. The first-order chi connectivity index (χ1) is 17.5. The molecule has 0 spiro atoms. The van der Waals surface area contributed by atoms with Crippen molar-refractivity contribution in [2.75, 3.05) is 32.8 Å². The lowest BCUT2D eigenvalue weighted by Gasteiger charge is -2.39. The van der Waals surface area contributed by atoms with E-state index < -0.39 is 0 Å². The highest BCUT2D eigenvalue weighted by molar-refractivity contribution is 5.91. The topological polar surface area (TPSA) is 72.2 Å². The lowest BCUT2D eigenvalue weighted by molar-refractivity contribution is -0.136. The Kier molecular flexibility index (Phi) is 7.09. The van der Waals surface area contributed by atoms with Gasteiger partial charge in [0.2, 0.25) is 5.91 Å². The van der Waals surface area contributed by atoms with Crippen molar-refractivity contribution in [2.24, 2.45) is 5.92 Å². The average molecular weight is 489 g/mol. The first kappa shape index (κ1) is 24.1. The van der Waals surface area contributed by atoms with Gasteiger partial charge in [0.1, 0.15) is 18.1 Å². The minimum absolute atomic E-state index is 0.0782. The van der Waals surface area contributed by atoms with Crippen LogP contribution in [0.2, 0.25) is 0 Å². The molecule has 188 valence electrons. The number of carbonyl (C=O) groups is 2. The number of ether oxygens (including phenoxy) is 2. The lowest BCUT2D eigenvalue weighted by Crippen LogP contribution is -2.42. The molecule has 1 saturated heterocycles. The predicted octanol–water partition coefficient (Wildman–Crippen LogP) is 4.46. The number of carbonyl (C=O) groups excluding carboxylic acids is 2. The van der Waals surface area contributed by atoms with Crippen LogP contribution in [0, 0.1) is 5.92 Å². The largest absolute Gasteiger partial charge is 0.486 e. The molecule has 3 aromatic rings. The van der Waals surface area contributed by atoms with Gasteiger partial charge in [0.15, 0.2) is 5.76 Å². The van der Waals surface area contributed by atoms with E-state index in [0.717, 1.165) is 17.5 Å². The fraction of sp³-hybridized carbons (Fsp3) is 0.379. The third kappa shape index (κ3) is 5.02. The van der Waals surface area contributed by atoms with Crippen molar-refractivity contribution < 1.29 is 23.5 Å². The van der Waals surface area contributed by atoms with Crippen LogP contribution < -0.4 is 4.74 Å². The van der Waals surface area contributed by atoms with Crippen LogP contribution in [0.15, 0.2) is 65.1 Å². The van der Waals surface area contributed by atoms with E-state index in [1.54, 1.807) is 17.0 Å². The average Bonchev–Trinajstić information content (AvgIpc) is 3.40. The van der Waals surface area contributed by atoms with Crippen LogP contribution in [-0.2, 0) is 22.6 Å². The molecule has 7 heteroatoms. The van der Waals surface area contributed by atoms with E-state index in [-0.39, 0.29) is 30.4 Å². The maximum Gasteiger partial charge on any atom is 0.289 e. The molecular weight excluding hydrogens is 456 g/mol. The van der Waals surface area contributed by atoms with Crippen molar-refractivity contribution in [3.63, 3.8) is 0 Å². The van der Waals surface area contributed by atoms with Gasteiger partial charge < -0.3 is 23.7 Å². The van der Waals surface area contributed by atoms with E-state index in [0.29, 0.717) is 50.1 Å². The zero-order chi connectivity index (χ0) is 25.1. The molecule has 2 aromatic carbocycles. The zero-order valence-electron chi connectivity index (χ0n) is 20.8. The zero-order valence-corrected chi connectivity index (χ0v) is 20.8. The van der Waals surface area contributed by atoms with E-state index in [1.165, 1.54) is 5.56 Å². The number of furan rings is 1. The van der Waals surface area contributed by atoms with Gasteiger partial charge in [-0.25, -0.2) is 0 Å². The summed E-state index contributed by atoms with van der Waals surface area (Å²) in [5, 5.41) is 0. The number of fused-ring (bicyclic) bond motifs is 1. The fourth-order valence-corrected chi connectivity index (χ4v) is 4.89. The maximum absolute atomic E-state index is 13.1. The maximum atomic E-state index is 13.1. The van der Waals surface area contributed by atoms with E-state index >= 15 is 0 Å². The van der Waals surface area contributed by atoms with Crippen molar-refractivity contribution in [3.05, 3.63) is 88.9 Å². The van der Waals surface area contributed by atoms with E-state index in [1.807, 2.05) is 49.1 Å². The van der Waals surface area contributed by atoms with Gasteiger partial charge >= 0.3 is 0 Å². The quantitative estimate of drug-likeness (QED) is 0.512. The summed E-state index contributed by atoms with van der Waals surface area (Å²) in [5.74, 6) is 1.54. The summed E-state index contributed by atoms with van der Waals surface area (Å²) in [5.41, 5.74) is 3.39. The van der Waals surface area contributed by atoms with Crippen LogP contribution in [-0.4, -0.2) is 54.5 Å². The Morgan fingerprint density at radius 3 is 2.53 bits per heavy atom. The second-order valence-electron chi connectivity index (χ2n) is 9.57. The van der Waals surface area contributed by atoms with Crippen molar-refractivity contribution in [1.82, 2.24) is 9.80 Å². The molecular formula is C29H32N2O5. The minimum atomic E-state index is -0.158. The molecule has 0 unspecified atom stereocenters. The second-order valence-corrected chi connectivity index (χ2v) is 9.57. The molecule has 0 radical (unpaired) electrons. The summed E-state index contributed by atoms with van der Waals surface area (Å²) in [6.07, 6.45) is 0.808. The van der Waals surface area contributed by atoms with Crippen LogP contribution >= 0.6 is 0 Å². The fourth-order valence-electron chi connectivity index (χ4n) is 4.89. The first-order valence-corrected chi connectivity index (χ1v) is 12.6. The third-order valence-corrected chi connectivity index (χ3v) is 6.79. The first-order valence-electron chi connectivity index (χ1n) is 12.6. The Balaban J connectivity index is 1.34. The molecule has 36 heavy (non-hydrogen) atoms. The molecule has 7 nitrogen and oxygen atoms in total. The molecule has 0 bridgehead atoms. The van der Waals surface area contributed by atoms with E-state index in [9.17, 15) is 9.59 Å². The summed E-state index contributed by atoms with van der Waals surface area (Å²) < 4.78 is 17.2. The van der Waals surface area contributed by atoms with Gasteiger partial charge in [-0.05, 0) is 47.4 Å². The highest BCUT2D eigenvalue weighted by atomic mass is 16.5. The SMILES string of the molecule is CC(C)C(=O)N1CCc2ccc(OCc3ccc(C(=O)N4CCOCC4)o3)cc2[C@@H]1c1ccccc1. The Hall–Kier alpha value is -3.58. The Morgan fingerprint density at radius 2 is 1.78 bits per heavy atom. The number of benzene rings is 2. The summed E-state index contributed by atoms with van der Waals surface area (Å²) >= 11 is 0. The molecule has 0 N–H and O–H groups in total. The third-order valence-electron chi connectivity index (χ3n) is 6.79. The molecule has 0 saturated carbocycles. The number of nitrogens with zero attached hydrogens (tertiary/aromatic N) is 2. The minimum Gasteiger partial charge on any atom is -0.486 e. The summed E-state index contributed by atoms with van der Waals surface area (Å²) in [7, 11) is 0. The van der Waals surface area contributed by atoms with Crippen LogP contribution in [0.1, 0.15) is 52.9 Å². The number of morpholine rings is 1. The highest BCUT2D eigenvalue weighted by Crippen LogP contribution is 2.38. The van der Waals surface area contributed by atoms with Crippen LogP contribution in [0.3, 0.4) is 0 Å². The Labute approximate surface area is 211 Å². The van der Waals surface area contributed by atoms with E-state index in [2.05, 4.69) is 18.2 Å². The molecule has 1 atom stereocenters. The van der Waals surface area contributed by atoms with Crippen LogP contribution in [0.25, 0.3) is 0 Å². The van der Waals surface area contributed by atoms with Gasteiger partial charge in [-0.15, -0.1) is 0 Å². The smallest absolute Gasteiger partial charge is 0.289 e.